The van der Waals surface area contributed by atoms with Gasteiger partial charge in [-0.25, -0.2) is 4.79 Å². The van der Waals surface area contributed by atoms with E-state index in [0.29, 0.717) is 36.3 Å². The summed E-state index contributed by atoms with van der Waals surface area (Å²) in [7, 11) is 0. The zero-order valence-corrected chi connectivity index (χ0v) is 18.7. The van der Waals surface area contributed by atoms with Crippen molar-refractivity contribution in [3.05, 3.63) is 95.1 Å². The number of urea groups is 1. The second-order valence-corrected chi connectivity index (χ2v) is 8.07. The van der Waals surface area contributed by atoms with Crippen molar-refractivity contribution in [2.75, 3.05) is 11.9 Å². The molecule has 3 aromatic rings. The van der Waals surface area contributed by atoms with Gasteiger partial charge in [0.1, 0.15) is 5.75 Å². The Labute approximate surface area is 194 Å². The lowest BCUT2D eigenvalue weighted by Gasteiger charge is -2.18. The zero-order valence-electron chi connectivity index (χ0n) is 18.7. The summed E-state index contributed by atoms with van der Waals surface area (Å²) in [5.41, 5.74) is 3.81. The highest BCUT2D eigenvalue weighted by Gasteiger charge is 2.12. The maximum absolute atomic E-state index is 12.2. The highest BCUT2D eigenvalue weighted by atomic mass is 16.3. The van der Waals surface area contributed by atoms with Crippen LogP contribution in [-0.4, -0.2) is 33.9 Å². The molecule has 0 saturated heterocycles. The SMILES string of the molecule is C[C@H](Cc1cccc(NC(=O)NCc2ccccc2)c1)NC[C@H](O)c1ccc(O)c(CO)c1. The van der Waals surface area contributed by atoms with Crippen molar-refractivity contribution in [2.45, 2.75) is 38.6 Å². The van der Waals surface area contributed by atoms with Crippen molar-refractivity contribution in [1.29, 1.82) is 0 Å². The van der Waals surface area contributed by atoms with Crippen molar-refractivity contribution in [1.82, 2.24) is 10.6 Å². The number of benzene rings is 3. The van der Waals surface area contributed by atoms with Crippen LogP contribution in [0.4, 0.5) is 10.5 Å². The number of phenols is 1. The number of nitrogens with one attached hydrogen (secondary N) is 3. The molecule has 3 rings (SSSR count). The van der Waals surface area contributed by atoms with E-state index in [9.17, 15) is 20.1 Å². The lowest BCUT2D eigenvalue weighted by molar-refractivity contribution is 0.170. The largest absolute Gasteiger partial charge is 0.508 e. The van der Waals surface area contributed by atoms with Crippen LogP contribution < -0.4 is 16.0 Å². The number of rotatable bonds is 10. The van der Waals surface area contributed by atoms with Crippen molar-refractivity contribution in [3.8, 4) is 5.75 Å². The number of aliphatic hydroxyl groups excluding tert-OH is 2. The number of carbonyl (C=O) groups is 1. The molecule has 174 valence electrons. The fraction of sp³-hybridized carbons (Fsp3) is 0.269. The van der Waals surface area contributed by atoms with Crippen LogP contribution in [0.3, 0.4) is 0 Å². The third-order valence-corrected chi connectivity index (χ3v) is 5.34. The molecule has 0 aliphatic carbocycles. The Kier molecular flexibility index (Phi) is 8.83. The van der Waals surface area contributed by atoms with Gasteiger partial charge in [-0.05, 0) is 54.3 Å². The summed E-state index contributed by atoms with van der Waals surface area (Å²) >= 11 is 0. The molecule has 33 heavy (non-hydrogen) atoms. The summed E-state index contributed by atoms with van der Waals surface area (Å²) in [5.74, 6) is 0.0111. The zero-order chi connectivity index (χ0) is 23.6. The summed E-state index contributed by atoms with van der Waals surface area (Å²) in [6.07, 6.45) is -0.0506. The van der Waals surface area contributed by atoms with Gasteiger partial charge >= 0.3 is 6.03 Å². The third-order valence-electron chi connectivity index (χ3n) is 5.34. The predicted octanol–water partition coefficient (Wildman–Crippen LogP) is 3.46. The van der Waals surface area contributed by atoms with E-state index in [4.69, 9.17) is 0 Å². The van der Waals surface area contributed by atoms with E-state index in [1.54, 1.807) is 12.1 Å². The summed E-state index contributed by atoms with van der Waals surface area (Å²) in [5, 5.41) is 38.4. The van der Waals surface area contributed by atoms with Crippen LogP contribution >= 0.6 is 0 Å². The molecular weight excluding hydrogens is 418 g/mol. The lowest BCUT2D eigenvalue weighted by atomic mass is 10.0. The standard InChI is InChI=1S/C26H31N3O4/c1-18(27-16-25(32)21-10-11-24(31)22(14-21)17-30)12-20-8-5-9-23(13-20)29-26(33)28-15-19-6-3-2-4-7-19/h2-11,13-14,18,25,27,30-32H,12,15-17H2,1H3,(H2,28,29,33)/t18-,25+/m1/s1. The Morgan fingerprint density at radius 2 is 1.73 bits per heavy atom. The highest BCUT2D eigenvalue weighted by Crippen LogP contribution is 2.22. The predicted molar refractivity (Wildman–Crippen MR) is 129 cm³/mol. The van der Waals surface area contributed by atoms with Gasteiger partial charge < -0.3 is 31.3 Å². The molecule has 7 nitrogen and oxygen atoms in total. The van der Waals surface area contributed by atoms with Gasteiger partial charge in [-0.2, -0.15) is 0 Å². The van der Waals surface area contributed by atoms with Gasteiger partial charge in [0.2, 0.25) is 0 Å². The number of hydrogen-bond acceptors (Lipinski definition) is 5. The Balaban J connectivity index is 1.47. The maximum Gasteiger partial charge on any atom is 0.319 e. The minimum atomic E-state index is -0.764. The molecule has 0 bridgehead atoms. The molecular formula is C26H31N3O4. The van der Waals surface area contributed by atoms with E-state index in [0.717, 1.165) is 11.1 Å². The average molecular weight is 450 g/mol. The van der Waals surface area contributed by atoms with Crippen molar-refractivity contribution in [2.24, 2.45) is 0 Å². The van der Waals surface area contributed by atoms with Gasteiger partial charge in [0.25, 0.3) is 0 Å². The molecule has 2 amide bonds. The minimum Gasteiger partial charge on any atom is -0.508 e. The lowest BCUT2D eigenvalue weighted by Crippen LogP contribution is -2.32. The van der Waals surface area contributed by atoms with Gasteiger partial charge in [0.05, 0.1) is 12.7 Å². The molecule has 0 radical (unpaired) electrons. The first-order valence-electron chi connectivity index (χ1n) is 11.0. The van der Waals surface area contributed by atoms with Crippen LogP contribution in [0.5, 0.6) is 5.75 Å². The Bertz CT molecular complexity index is 1040. The Morgan fingerprint density at radius 1 is 0.970 bits per heavy atom. The molecule has 7 heteroatoms. The van der Waals surface area contributed by atoms with Crippen molar-refractivity contribution < 1.29 is 20.1 Å². The average Bonchev–Trinajstić information content (AvgIpc) is 2.82. The smallest absolute Gasteiger partial charge is 0.319 e. The number of aromatic hydroxyl groups is 1. The summed E-state index contributed by atoms with van der Waals surface area (Å²) < 4.78 is 0. The van der Waals surface area contributed by atoms with Gasteiger partial charge in [-0.1, -0.05) is 48.5 Å². The molecule has 0 fully saturated rings. The minimum absolute atomic E-state index is 0.0111. The van der Waals surface area contributed by atoms with Crippen LogP contribution in [0.2, 0.25) is 0 Å². The number of amides is 2. The van der Waals surface area contributed by atoms with Crippen LogP contribution in [0.15, 0.2) is 72.8 Å². The Morgan fingerprint density at radius 3 is 2.48 bits per heavy atom. The van der Waals surface area contributed by atoms with E-state index in [1.807, 2.05) is 61.5 Å². The van der Waals surface area contributed by atoms with Crippen LogP contribution in [0.25, 0.3) is 0 Å². The normalized spacial score (nSPS) is 12.7. The molecule has 0 aromatic heterocycles. The Hall–Kier alpha value is -3.39. The monoisotopic (exact) mass is 449 g/mol. The maximum atomic E-state index is 12.2. The molecule has 0 aliphatic heterocycles. The van der Waals surface area contributed by atoms with Crippen LogP contribution in [0, 0.1) is 0 Å². The van der Waals surface area contributed by atoms with Gasteiger partial charge in [0.15, 0.2) is 0 Å². The van der Waals surface area contributed by atoms with Crippen LogP contribution in [0.1, 0.15) is 35.3 Å². The molecule has 0 saturated carbocycles. The summed E-state index contributed by atoms with van der Waals surface area (Å²) in [6, 6.07) is 21.9. The van der Waals surface area contributed by atoms with Gasteiger partial charge in [-0.15, -0.1) is 0 Å². The number of carbonyl (C=O) groups excluding carboxylic acids is 1. The molecule has 0 spiro atoms. The fourth-order valence-corrected chi connectivity index (χ4v) is 3.53. The van der Waals surface area contributed by atoms with Crippen molar-refractivity contribution >= 4 is 11.7 Å². The van der Waals surface area contributed by atoms with E-state index in [2.05, 4.69) is 16.0 Å². The summed E-state index contributed by atoms with van der Waals surface area (Å²) in [4.78, 5) is 12.2. The number of aliphatic hydroxyl groups is 2. The van der Waals surface area contributed by atoms with E-state index >= 15 is 0 Å². The molecule has 0 heterocycles. The van der Waals surface area contributed by atoms with Crippen molar-refractivity contribution in [3.63, 3.8) is 0 Å². The topological polar surface area (TPSA) is 114 Å². The quantitative estimate of drug-likeness (QED) is 0.284. The third kappa shape index (κ3) is 7.61. The first-order valence-corrected chi connectivity index (χ1v) is 11.0. The second kappa shape index (κ2) is 12.0. The molecule has 6 N–H and O–H groups in total. The fourth-order valence-electron chi connectivity index (χ4n) is 3.53. The highest BCUT2D eigenvalue weighted by molar-refractivity contribution is 5.89. The second-order valence-electron chi connectivity index (χ2n) is 8.07. The molecule has 3 aromatic carbocycles. The van der Waals surface area contributed by atoms with Gasteiger partial charge in [0, 0.05) is 30.4 Å². The number of anilines is 1. The molecule has 0 unspecified atom stereocenters. The first-order chi connectivity index (χ1) is 15.9. The summed E-state index contributed by atoms with van der Waals surface area (Å²) in [6.45, 7) is 2.52. The number of hydrogen-bond donors (Lipinski definition) is 6. The molecule has 2 atom stereocenters. The van der Waals surface area contributed by atoms with E-state index < -0.39 is 6.10 Å². The van der Waals surface area contributed by atoms with E-state index in [1.165, 1.54) is 6.07 Å². The first kappa shape index (κ1) is 24.3. The van der Waals surface area contributed by atoms with E-state index in [-0.39, 0.29) is 24.4 Å². The van der Waals surface area contributed by atoms with Gasteiger partial charge in [-0.3, -0.25) is 0 Å². The molecule has 0 aliphatic rings. The van der Waals surface area contributed by atoms with Crippen LogP contribution in [-0.2, 0) is 19.6 Å².